The predicted octanol–water partition coefficient (Wildman–Crippen LogP) is 2.76. The number of anilines is 2. The zero-order valence-electron chi connectivity index (χ0n) is 15.1. The largest absolute Gasteiger partial charge is 0.465 e. The van der Waals surface area contributed by atoms with Gasteiger partial charge in [0.25, 0.3) is 0 Å². The summed E-state index contributed by atoms with van der Waals surface area (Å²) < 4.78 is 22.9. The number of halogens is 1. The fourth-order valence-corrected chi connectivity index (χ4v) is 2.26. The molecule has 8 heteroatoms. The summed E-state index contributed by atoms with van der Waals surface area (Å²) in [4.78, 5) is 35.8. The van der Waals surface area contributed by atoms with Crippen molar-refractivity contribution in [3.63, 3.8) is 0 Å². The van der Waals surface area contributed by atoms with Gasteiger partial charge in [0, 0.05) is 5.69 Å². The van der Waals surface area contributed by atoms with Crippen LogP contribution >= 0.6 is 0 Å². The van der Waals surface area contributed by atoms with Crippen LogP contribution in [-0.2, 0) is 14.3 Å². The van der Waals surface area contributed by atoms with Crippen molar-refractivity contribution in [1.82, 2.24) is 0 Å². The number of amides is 1. The number of ether oxygens (including phenoxy) is 2. The van der Waals surface area contributed by atoms with Gasteiger partial charge in [-0.25, -0.2) is 14.0 Å². The van der Waals surface area contributed by atoms with Crippen molar-refractivity contribution in [3.8, 4) is 0 Å². The minimum absolute atomic E-state index is 0.0832. The highest BCUT2D eigenvalue weighted by atomic mass is 19.1. The molecule has 0 heterocycles. The molecule has 142 valence electrons. The third kappa shape index (κ3) is 5.04. The summed E-state index contributed by atoms with van der Waals surface area (Å²) in [5.41, 5.74) is 1.28. The van der Waals surface area contributed by atoms with E-state index in [0.717, 1.165) is 0 Å². The summed E-state index contributed by atoms with van der Waals surface area (Å²) >= 11 is 0. The van der Waals surface area contributed by atoms with E-state index in [1.165, 1.54) is 38.5 Å². The van der Waals surface area contributed by atoms with Crippen LogP contribution in [-0.4, -0.2) is 38.6 Å². The lowest BCUT2D eigenvalue weighted by Gasteiger charge is -2.12. The normalized spacial score (nSPS) is 10.1. The Balaban J connectivity index is 2.15. The van der Waals surface area contributed by atoms with Gasteiger partial charge in [0.05, 0.1) is 37.6 Å². The average Bonchev–Trinajstić information content (AvgIpc) is 2.67. The van der Waals surface area contributed by atoms with Gasteiger partial charge < -0.3 is 20.1 Å². The molecule has 2 N–H and O–H groups in total. The molecule has 27 heavy (non-hydrogen) atoms. The maximum atomic E-state index is 13.5. The maximum Gasteiger partial charge on any atom is 0.339 e. The molecule has 2 aromatic carbocycles. The molecule has 0 atom stereocenters. The highest BCUT2D eigenvalue weighted by Gasteiger charge is 2.17. The average molecular weight is 374 g/mol. The number of carbonyl (C=O) groups excluding carboxylic acids is 3. The Kier molecular flexibility index (Phi) is 6.48. The lowest BCUT2D eigenvalue weighted by atomic mass is 10.1. The van der Waals surface area contributed by atoms with Crippen LogP contribution in [0.15, 0.2) is 36.4 Å². The Morgan fingerprint density at radius 1 is 1.00 bits per heavy atom. The molecule has 0 aromatic heterocycles. The molecule has 0 fully saturated rings. The van der Waals surface area contributed by atoms with Crippen molar-refractivity contribution in [2.45, 2.75) is 6.92 Å². The van der Waals surface area contributed by atoms with E-state index < -0.39 is 17.8 Å². The van der Waals surface area contributed by atoms with Crippen molar-refractivity contribution < 1.29 is 28.2 Å². The van der Waals surface area contributed by atoms with Gasteiger partial charge in [0.2, 0.25) is 5.91 Å². The number of aryl methyl sites for hydroxylation is 1. The van der Waals surface area contributed by atoms with Gasteiger partial charge in [-0.15, -0.1) is 0 Å². The molecule has 0 radical (unpaired) electrons. The Bertz CT molecular complexity index is 882. The van der Waals surface area contributed by atoms with E-state index in [-0.39, 0.29) is 29.2 Å². The van der Waals surface area contributed by atoms with Crippen LogP contribution in [0.2, 0.25) is 0 Å². The van der Waals surface area contributed by atoms with E-state index in [0.29, 0.717) is 11.3 Å². The molecule has 2 rings (SSSR count). The molecule has 0 unspecified atom stereocenters. The Labute approximate surface area is 155 Å². The molecule has 0 saturated carbocycles. The van der Waals surface area contributed by atoms with Crippen molar-refractivity contribution in [2.24, 2.45) is 0 Å². The van der Waals surface area contributed by atoms with Gasteiger partial charge in [-0.3, -0.25) is 4.79 Å². The Hall–Kier alpha value is -3.42. The van der Waals surface area contributed by atoms with Crippen molar-refractivity contribution in [1.29, 1.82) is 0 Å². The van der Waals surface area contributed by atoms with Gasteiger partial charge in [-0.05, 0) is 42.8 Å². The monoisotopic (exact) mass is 374 g/mol. The van der Waals surface area contributed by atoms with Gasteiger partial charge in [-0.2, -0.15) is 0 Å². The third-order valence-electron chi connectivity index (χ3n) is 3.74. The van der Waals surface area contributed by atoms with Crippen LogP contribution in [0.1, 0.15) is 26.3 Å². The number of hydrogen-bond donors (Lipinski definition) is 2. The van der Waals surface area contributed by atoms with E-state index in [2.05, 4.69) is 20.1 Å². The highest BCUT2D eigenvalue weighted by molar-refractivity contribution is 6.04. The maximum absolute atomic E-state index is 13.5. The SMILES string of the molecule is COC(=O)c1ccc(C(=O)OC)c(NC(=O)CNc2ccc(C)c(F)c2)c1. The van der Waals surface area contributed by atoms with Crippen molar-refractivity contribution in [2.75, 3.05) is 31.4 Å². The van der Waals surface area contributed by atoms with E-state index in [1.807, 2.05) is 0 Å². The second kappa shape index (κ2) is 8.79. The van der Waals surface area contributed by atoms with Gasteiger partial charge in [0.1, 0.15) is 5.82 Å². The Morgan fingerprint density at radius 3 is 2.33 bits per heavy atom. The molecule has 1 amide bonds. The zero-order chi connectivity index (χ0) is 20.0. The predicted molar refractivity (Wildman–Crippen MR) is 97.4 cm³/mol. The second-order valence-corrected chi connectivity index (χ2v) is 5.61. The molecule has 2 aromatic rings. The van der Waals surface area contributed by atoms with Crippen LogP contribution in [0.5, 0.6) is 0 Å². The summed E-state index contributed by atoms with van der Waals surface area (Å²) in [5.74, 6) is -2.17. The molecule has 0 aliphatic heterocycles. The van der Waals surface area contributed by atoms with Gasteiger partial charge in [0.15, 0.2) is 0 Å². The summed E-state index contributed by atoms with van der Waals surface area (Å²) in [6.07, 6.45) is 0. The number of esters is 2. The van der Waals surface area contributed by atoms with Crippen LogP contribution in [0.3, 0.4) is 0 Å². The quantitative estimate of drug-likeness (QED) is 0.755. The van der Waals surface area contributed by atoms with Crippen LogP contribution in [0.4, 0.5) is 15.8 Å². The van der Waals surface area contributed by atoms with E-state index in [4.69, 9.17) is 0 Å². The number of rotatable bonds is 6. The van der Waals surface area contributed by atoms with E-state index in [1.54, 1.807) is 19.1 Å². The minimum Gasteiger partial charge on any atom is -0.465 e. The second-order valence-electron chi connectivity index (χ2n) is 5.61. The first-order valence-corrected chi connectivity index (χ1v) is 7.96. The van der Waals surface area contributed by atoms with E-state index >= 15 is 0 Å². The fourth-order valence-electron chi connectivity index (χ4n) is 2.26. The summed E-state index contributed by atoms with van der Waals surface area (Å²) in [7, 11) is 2.43. The summed E-state index contributed by atoms with van der Waals surface area (Å²) in [6, 6.07) is 8.58. The number of methoxy groups -OCH3 is 2. The first kappa shape index (κ1) is 19.9. The Morgan fingerprint density at radius 2 is 1.70 bits per heavy atom. The van der Waals surface area contributed by atoms with Crippen molar-refractivity contribution >= 4 is 29.2 Å². The number of carbonyl (C=O) groups is 3. The van der Waals surface area contributed by atoms with Crippen LogP contribution in [0, 0.1) is 12.7 Å². The number of hydrogen-bond acceptors (Lipinski definition) is 6. The summed E-state index contributed by atoms with van der Waals surface area (Å²) in [6.45, 7) is 1.46. The molecule has 0 spiro atoms. The summed E-state index contributed by atoms with van der Waals surface area (Å²) in [5, 5.41) is 5.32. The number of nitrogens with one attached hydrogen (secondary N) is 2. The smallest absolute Gasteiger partial charge is 0.339 e. The highest BCUT2D eigenvalue weighted by Crippen LogP contribution is 2.20. The topological polar surface area (TPSA) is 93.7 Å². The molecule has 0 aliphatic rings. The lowest BCUT2D eigenvalue weighted by Crippen LogP contribution is -2.23. The number of benzene rings is 2. The molecule has 0 aliphatic carbocycles. The molecular formula is C19H19FN2O5. The molecule has 0 saturated heterocycles. The molecule has 7 nitrogen and oxygen atoms in total. The van der Waals surface area contributed by atoms with E-state index in [9.17, 15) is 18.8 Å². The molecular weight excluding hydrogens is 355 g/mol. The van der Waals surface area contributed by atoms with Gasteiger partial charge in [-0.1, -0.05) is 6.07 Å². The van der Waals surface area contributed by atoms with Crippen molar-refractivity contribution in [3.05, 3.63) is 58.9 Å². The lowest BCUT2D eigenvalue weighted by molar-refractivity contribution is -0.114. The fraction of sp³-hybridized carbons (Fsp3) is 0.211. The van der Waals surface area contributed by atoms with Crippen LogP contribution < -0.4 is 10.6 Å². The minimum atomic E-state index is -0.671. The zero-order valence-corrected chi connectivity index (χ0v) is 15.1. The standard InChI is InChI=1S/C19H19FN2O5/c1-11-4-6-13(9-15(11)20)21-10-17(23)22-16-8-12(18(24)26-2)5-7-14(16)19(25)27-3/h4-9,21H,10H2,1-3H3,(H,22,23). The third-order valence-corrected chi connectivity index (χ3v) is 3.74. The first-order valence-electron chi connectivity index (χ1n) is 7.96. The molecule has 0 bridgehead atoms. The van der Waals surface area contributed by atoms with Crippen LogP contribution in [0.25, 0.3) is 0 Å². The first-order chi connectivity index (χ1) is 12.8. The van der Waals surface area contributed by atoms with Gasteiger partial charge >= 0.3 is 11.9 Å².